The third-order valence-electron chi connectivity index (χ3n) is 9.24. The predicted octanol–water partition coefficient (Wildman–Crippen LogP) is 5.78. The number of nitrogens with one attached hydrogen (secondary N) is 4. The molecule has 3 fully saturated rings. The molecule has 6 nitrogen and oxygen atoms in total. The first kappa shape index (κ1) is 25.1. The van der Waals surface area contributed by atoms with E-state index in [0.29, 0.717) is 29.0 Å². The van der Waals surface area contributed by atoms with E-state index >= 15 is 0 Å². The van der Waals surface area contributed by atoms with Gasteiger partial charge in [-0.05, 0) is 53.0 Å². The second-order valence-corrected chi connectivity index (χ2v) is 12.6. The molecule has 2 unspecified atom stereocenters. The first-order valence-electron chi connectivity index (χ1n) is 13.9. The second kappa shape index (κ2) is 9.51. The lowest BCUT2D eigenvalue weighted by Gasteiger charge is -2.15. The number of hydrogen-bond acceptors (Lipinski definition) is 5. The Labute approximate surface area is 226 Å². The van der Waals surface area contributed by atoms with Crippen LogP contribution in [0.1, 0.15) is 58.0 Å². The molecular weight excluding hydrogens is 468 g/mol. The highest BCUT2D eigenvalue weighted by molar-refractivity contribution is 5.73. The minimum Gasteiger partial charge on any atom is -0.388 e. The van der Waals surface area contributed by atoms with Gasteiger partial charge in [-0.15, -0.1) is 0 Å². The van der Waals surface area contributed by atoms with Crippen LogP contribution in [0.3, 0.4) is 0 Å². The van der Waals surface area contributed by atoms with Crippen molar-refractivity contribution in [1.29, 1.82) is 0 Å². The summed E-state index contributed by atoms with van der Waals surface area (Å²) in [6, 6.07) is 18.7. The first-order valence-corrected chi connectivity index (χ1v) is 13.9. The van der Waals surface area contributed by atoms with Crippen molar-refractivity contribution < 1.29 is 0 Å². The van der Waals surface area contributed by atoms with E-state index < -0.39 is 0 Å². The highest BCUT2D eigenvalue weighted by Gasteiger charge is 2.64. The molecule has 0 bridgehead atoms. The number of aromatic nitrogens is 2. The highest BCUT2D eigenvalue weighted by atomic mass is 15.1. The van der Waals surface area contributed by atoms with Crippen molar-refractivity contribution in [2.45, 2.75) is 58.7 Å². The molecule has 1 aliphatic carbocycles. The number of aromatic amines is 1. The van der Waals surface area contributed by atoms with E-state index in [9.17, 15) is 0 Å². The number of benzene rings is 2. The van der Waals surface area contributed by atoms with Gasteiger partial charge >= 0.3 is 0 Å². The fourth-order valence-corrected chi connectivity index (χ4v) is 6.57. The van der Waals surface area contributed by atoms with E-state index in [1.165, 1.54) is 17.5 Å². The van der Waals surface area contributed by atoms with Crippen LogP contribution in [0.15, 0.2) is 65.9 Å². The summed E-state index contributed by atoms with van der Waals surface area (Å²) in [4.78, 5) is 12.5. The van der Waals surface area contributed by atoms with Gasteiger partial charge in [-0.3, -0.25) is 4.99 Å². The second-order valence-electron chi connectivity index (χ2n) is 12.6. The molecule has 0 spiro atoms. The van der Waals surface area contributed by atoms with Gasteiger partial charge in [-0.1, -0.05) is 76.2 Å². The lowest BCUT2D eigenvalue weighted by Crippen LogP contribution is -2.31. The van der Waals surface area contributed by atoms with Gasteiger partial charge < -0.3 is 20.9 Å². The zero-order valence-electron chi connectivity index (χ0n) is 23.0. The molecule has 38 heavy (non-hydrogen) atoms. The van der Waals surface area contributed by atoms with Crippen molar-refractivity contribution in [3.63, 3.8) is 0 Å². The summed E-state index contributed by atoms with van der Waals surface area (Å²) in [5.74, 6) is 1.83. The summed E-state index contributed by atoms with van der Waals surface area (Å²) in [7, 11) is 0. The van der Waals surface area contributed by atoms with Crippen molar-refractivity contribution in [2.75, 3.05) is 13.1 Å². The number of fused-ring (bicyclic) bond motifs is 1. The molecule has 2 aromatic carbocycles. The third-order valence-corrected chi connectivity index (χ3v) is 9.24. The standard InChI is InChI=1S/C32H40N6/c1-20-29-32(20,4)15-26(37-29)30-35-18-28(38-30)24-12-8-22(9-13-24)21-6-10-23(11-7-21)27(33-5)17-34-16-25-14-31(2,3)19-36-25/h6-13,17-18,20,25-26,29,34,36-37H,5,14-16,19H2,1-4H3,(H,35,38)/b27-17-/t20?,25-,26-,29?,32-/m0/s1. The van der Waals surface area contributed by atoms with Crippen molar-refractivity contribution in [2.24, 2.45) is 21.7 Å². The molecule has 3 heterocycles. The number of imidazole rings is 1. The Balaban J connectivity index is 1.08. The molecule has 3 aliphatic rings. The molecule has 0 amide bonds. The average molecular weight is 509 g/mol. The molecule has 4 N–H and O–H groups in total. The Morgan fingerprint density at radius 3 is 2.34 bits per heavy atom. The fraction of sp³-hybridized carbons (Fsp3) is 0.438. The van der Waals surface area contributed by atoms with Gasteiger partial charge in [0.15, 0.2) is 0 Å². The number of aliphatic imine (C=N–C) groups is 1. The molecule has 2 saturated heterocycles. The van der Waals surface area contributed by atoms with Crippen LogP contribution in [0.25, 0.3) is 28.1 Å². The van der Waals surface area contributed by atoms with E-state index in [2.05, 4.69) is 109 Å². The van der Waals surface area contributed by atoms with Crippen LogP contribution in [-0.2, 0) is 0 Å². The van der Waals surface area contributed by atoms with Crippen molar-refractivity contribution in [3.8, 4) is 22.4 Å². The quantitative estimate of drug-likeness (QED) is 0.291. The van der Waals surface area contributed by atoms with E-state index in [0.717, 1.165) is 53.8 Å². The molecule has 1 saturated carbocycles. The van der Waals surface area contributed by atoms with Crippen molar-refractivity contribution in [1.82, 2.24) is 25.9 Å². The van der Waals surface area contributed by atoms with E-state index in [1.54, 1.807) is 0 Å². The largest absolute Gasteiger partial charge is 0.388 e. The molecular formula is C32H40N6. The van der Waals surface area contributed by atoms with E-state index in [-0.39, 0.29) is 0 Å². The van der Waals surface area contributed by atoms with Gasteiger partial charge in [-0.25, -0.2) is 4.98 Å². The average Bonchev–Trinajstić information content (AvgIpc) is 3.43. The molecule has 0 radical (unpaired) electrons. The summed E-state index contributed by atoms with van der Waals surface area (Å²) in [6.07, 6.45) is 6.28. The van der Waals surface area contributed by atoms with Crippen LogP contribution in [0.2, 0.25) is 0 Å². The lowest BCUT2D eigenvalue weighted by molar-refractivity contribution is 0.400. The van der Waals surface area contributed by atoms with Crippen LogP contribution in [0.5, 0.6) is 0 Å². The molecule has 198 valence electrons. The normalized spacial score (nSPS) is 29.7. The minimum absolute atomic E-state index is 0.332. The topological polar surface area (TPSA) is 77.1 Å². The maximum absolute atomic E-state index is 4.70. The van der Waals surface area contributed by atoms with Crippen LogP contribution >= 0.6 is 0 Å². The predicted molar refractivity (Wildman–Crippen MR) is 157 cm³/mol. The number of nitrogens with zero attached hydrogens (tertiary/aromatic N) is 2. The summed E-state index contributed by atoms with van der Waals surface area (Å²) in [5.41, 5.74) is 7.30. The molecule has 1 aromatic heterocycles. The fourth-order valence-electron chi connectivity index (χ4n) is 6.57. The molecule has 6 rings (SSSR count). The summed E-state index contributed by atoms with van der Waals surface area (Å²) in [6.45, 7) is 15.1. The molecule has 2 aliphatic heterocycles. The van der Waals surface area contributed by atoms with Gasteiger partial charge in [-0.2, -0.15) is 0 Å². The molecule has 5 atom stereocenters. The van der Waals surface area contributed by atoms with Gasteiger partial charge in [0.2, 0.25) is 0 Å². The Bertz CT molecular complexity index is 1340. The Morgan fingerprint density at radius 1 is 1.05 bits per heavy atom. The Hall–Kier alpha value is -3.22. The lowest BCUT2D eigenvalue weighted by atomic mass is 9.91. The van der Waals surface area contributed by atoms with Crippen molar-refractivity contribution in [3.05, 3.63) is 72.3 Å². The van der Waals surface area contributed by atoms with Crippen LogP contribution in [-0.4, -0.2) is 41.9 Å². The Morgan fingerprint density at radius 2 is 1.74 bits per heavy atom. The van der Waals surface area contributed by atoms with Crippen LogP contribution in [0, 0.1) is 16.7 Å². The van der Waals surface area contributed by atoms with E-state index in [1.807, 2.05) is 12.4 Å². The van der Waals surface area contributed by atoms with Crippen LogP contribution < -0.4 is 16.0 Å². The maximum atomic E-state index is 4.70. The number of rotatable bonds is 8. The SMILES string of the molecule is C=N/C(=C\NC[C@@H]1CC(C)(C)CN1)c1ccc(-c2ccc(-c3cnc([C@@H]4C[C@@]5(C)C(C)C5N4)[nH]3)cc2)cc1. The summed E-state index contributed by atoms with van der Waals surface area (Å²) < 4.78 is 0. The Kier molecular flexibility index (Phi) is 6.28. The van der Waals surface area contributed by atoms with Gasteiger partial charge in [0.1, 0.15) is 5.82 Å². The zero-order chi connectivity index (χ0) is 26.5. The van der Waals surface area contributed by atoms with Crippen molar-refractivity contribution >= 4 is 12.4 Å². The van der Waals surface area contributed by atoms with Gasteiger partial charge in [0, 0.05) is 36.9 Å². The van der Waals surface area contributed by atoms with Gasteiger partial charge in [0.05, 0.1) is 23.6 Å². The summed E-state index contributed by atoms with van der Waals surface area (Å²) >= 11 is 0. The molecule has 6 heteroatoms. The number of hydrogen-bond donors (Lipinski definition) is 4. The zero-order valence-corrected chi connectivity index (χ0v) is 23.0. The first-order chi connectivity index (χ1) is 18.3. The molecule has 3 aromatic rings. The van der Waals surface area contributed by atoms with E-state index in [4.69, 9.17) is 4.98 Å². The van der Waals surface area contributed by atoms with Crippen LogP contribution in [0.4, 0.5) is 0 Å². The monoisotopic (exact) mass is 508 g/mol. The smallest absolute Gasteiger partial charge is 0.123 e. The third kappa shape index (κ3) is 4.72. The number of piperidine rings is 1. The number of H-pyrrole nitrogens is 1. The van der Waals surface area contributed by atoms with Gasteiger partial charge in [0.25, 0.3) is 0 Å². The highest BCUT2D eigenvalue weighted by Crippen LogP contribution is 2.61. The maximum Gasteiger partial charge on any atom is 0.123 e. The minimum atomic E-state index is 0.332. The summed E-state index contributed by atoms with van der Waals surface area (Å²) in [5, 5.41) is 10.8.